The zero-order valence-corrected chi connectivity index (χ0v) is 12.8. The number of hydrogen-bond acceptors (Lipinski definition) is 5. The lowest BCUT2D eigenvalue weighted by molar-refractivity contribution is -0.139. The Hall–Kier alpha value is -1.82. The van der Waals surface area contributed by atoms with Crippen LogP contribution < -0.4 is 0 Å². The van der Waals surface area contributed by atoms with Gasteiger partial charge in [-0.25, -0.2) is 9.67 Å². The highest BCUT2D eigenvalue weighted by molar-refractivity contribution is 8.00. The van der Waals surface area contributed by atoms with E-state index in [1.165, 1.54) is 18.9 Å². The fourth-order valence-electron chi connectivity index (χ4n) is 2.09. The van der Waals surface area contributed by atoms with Gasteiger partial charge in [-0.05, 0) is 31.9 Å². The second-order valence-corrected chi connectivity index (χ2v) is 6.37. The number of benzene rings is 1. The molecule has 1 aliphatic carbocycles. The monoisotopic (exact) mass is 303 g/mol. The maximum Gasteiger partial charge on any atom is 0.318 e. The molecular formula is C15H17N3O2S. The molecule has 0 amide bonds. The molecule has 1 saturated carbocycles. The van der Waals surface area contributed by atoms with Crippen molar-refractivity contribution in [2.45, 2.75) is 36.1 Å². The summed E-state index contributed by atoms with van der Waals surface area (Å²) in [7, 11) is 1.39. The number of aromatic nitrogens is 3. The third kappa shape index (κ3) is 3.10. The lowest BCUT2D eigenvalue weighted by atomic mass is 10.3. The fraction of sp³-hybridized carbons (Fsp3) is 0.400. The Kier molecular flexibility index (Phi) is 3.96. The Morgan fingerprint density at radius 3 is 2.71 bits per heavy atom. The summed E-state index contributed by atoms with van der Waals surface area (Å²) in [5.41, 5.74) is 1.00. The molecule has 1 atom stereocenters. The van der Waals surface area contributed by atoms with Gasteiger partial charge < -0.3 is 4.74 Å². The maximum atomic E-state index is 11.5. The van der Waals surface area contributed by atoms with Crippen molar-refractivity contribution >= 4 is 17.7 Å². The van der Waals surface area contributed by atoms with E-state index >= 15 is 0 Å². The molecule has 0 aliphatic heterocycles. The Morgan fingerprint density at radius 1 is 1.38 bits per heavy atom. The van der Waals surface area contributed by atoms with Gasteiger partial charge in [0, 0.05) is 5.92 Å². The van der Waals surface area contributed by atoms with Gasteiger partial charge in [-0.3, -0.25) is 4.79 Å². The Labute approximate surface area is 127 Å². The summed E-state index contributed by atoms with van der Waals surface area (Å²) in [6, 6.07) is 9.97. The van der Waals surface area contributed by atoms with Gasteiger partial charge in [0.15, 0.2) is 0 Å². The Morgan fingerprint density at radius 2 is 2.10 bits per heavy atom. The molecule has 0 bridgehead atoms. The number of para-hydroxylation sites is 1. The summed E-state index contributed by atoms with van der Waals surface area (Å²) in [4.78, 5) is 16.1. The highest BCUT2D eigenvalue weighted by Crippen LogP contribution is 2.40. The molecule has 0 radical (unpaired) electrons. The minimum atomic E-state index is -0.311. The average molecular weight is 303 g/mol. The highest BCUT2D eigenvalue weighted by atomic mass is 32.2. The molecule has 1 aromatic heterocycles. The van der Waals surface area contributed by atoms with Crippen molar-refractivity contribution in [2.75, 3.05) is 7.11 Å². The largest absolute Gasteiger partial charge is 0.468 e. The average Bonchev–Trinajstić information content (AvgIpc) is 3.28. The van der Waals surface area contributed by atoms with Crippen LogP contribution in [0.1, 0.15) is 31.5 Å². The molecule has 21 heavy (non-hydrogen) atoms. The molecule has 1 heterocycles. The SMILES string of the molecule is COC(=O)[C@@H](C)Sc1nc(C2CC2)n(-c2ccccc2)n1. The van der Waals surface area contributed by atoms with Gasteiger partial charge in [0.1, 0.15) is 11.1 Å². The van der Waals surface area contributed by atoms with E-state index < -0.39 is 0 Å². The van der Waals surface area contributed by atoms with Gasteiger partial charge in [0.05, 0.1) is 12.8 Å². The first-order chi connectivity index (χ1) is 10.2. The van der Waals surface area contributed by atoms with Crippen LogP contribution in [0.3, 0.4) is 0 Å². The van der Waals surface area contributed by atoms with Crippen LogP contribution in [0.4, 0.5) is 0 Å². The molecule has 0 saturated heterocycles. The van der Waals surface area contributed by atoms with E-state index in [1.807, 2.05) is 35.0 Å². The number of hydrogen-bond donors (Lipinski definition) is 0. The van der Waals surface area contributed by atoms with Crippen LogP contribution in [0.15, 0.2) is 35.5 Å². The van der Waals surface area contributed by atoms with Gasteiger partial charge in [-0.15, -0.1) is 5.10 Å². The molecule has 1 aliphatic rings. The lowest BCUT2D eigenvalue weighted by Gasteiger charge is -2.05. The normalized spacial score (nSPS) is 15.7. The number of esters is 1. The molecule has 0 spiro atoms. The van der Waals surface area contributed by atoms with Crippen molar-refractivity contribution in [3.05, 3.63) is 36.2 Å². The number of nitrogens with zero attached hydrogens (tertiary/aromatic N) is 3. The van der Waals surface area contributed by atoms with E-state index in [9.17, 15) is 4.79 Å². The quantitative estimate of drug-likeness (QED) is 0.628. The van der Waals surface area contributed by atoms with Gasteiger partial charge in [-0.1, -0.05) is 30.0 Å². The molecule has 0 unspecified atom stereocenters. The van der Waals surface area contributed by atoms with Crippen molar-refractivity contribution in [1.82, 2.24) is 14.8 Å². The summed E-state index contributed by atoms with van der Waals surface area (Å²) in [6.07, 6.45) is 2.31. The highest BCUT2D eigenvalue weighted by Gasteiger charge is 2.31. The Bertz CT molecular complexity index is 638. The number of rotatable bonds is 5. The standard InChI is InChI=1S/C15H17N3O2S/c1-10(14(19)20-2)21-15-16-13(11-8-9-11)18(17-15)12-6-4-3-5-7-12/h3-7,10-11H,8-9H2,1-2H3/t10-/m1/s1. The molecule has 1 fully saturated rings. The summed E-state index contributed by atoms with van der Waals surface area (Å²) >= 11 is 1.33. The predicted octanol–water partition coefficient (Wildman–Crippen LogP) is 2.80. The molecule has 1 aromatic carbocycles. The smallest absolute Gasteiger partial charge is 0.318 e. The Balaban J connectivity index is 1.88. The van der Waals surface area contributed by atoms with Crippen molar-refractivity contribution in [1.29, 1.82) is 0 Å². The van der Waals surface area contributed by atoms with Gasteiger partial charge in [-0.2, -0.15) is 0 Å². The van der Waals surface area contributed by atoms with Crippen molar-refractivity contribution in [3.63, 3.8) is 0 Å². The summed E-state index contributed by atoms with van der Waals surface area (Å²) in [6.45, 7) is 1.80. The van der Waals surface area contributed by atoms with E-state index in [0.717, 1.165) is 24.4 Å². The van der Waals surface area contributed by atoms with Crippen LogP contribution in [0.2, 0.25) is 0 Å². The molecule has 5 nitrogen and oxygen atoms in total. The third-order valence-electron chi connectivity index (χ3n) is 3.37. The van der Waals surface area contributed by atoms with Crippen molar-refractivity contribution < 1.29 is 9.53 Å². The van der Waals surface area contributed by atoms with E-state index in [-0.39, 0.29) is 11.2 Å². The first kappa shape index (κ1) is 14.1. The number of carbonyl (C=O) groups excluding carboxylic acids is 1. The second-order valence-electron chi connectivity index (χ2n) is 5.06. The van der Waals surface area contributed by atoms with Crippen LogP contribution in [0.5, 0.6) is 0 Å². The summed E-state index contributed by atoms with van der Waals surface area (Å²) in [5.74, 6) is 1.21. The summed E-state index contributed by atoms with van der Waals surface area (Å²) < 4.78 is 6.64. The number of methoxy groups -OCH3 is 1. The number of thioether (sulfide) groups is 1. The third-order valence-corrected chi connectivity index (χ3v) is 4.30. The van der Waals surface area contributed by atoms with E-state index in [4.69, 9.17) is 4.74 Å². The number of carbonyl (C=O) groups is 1. The predicted molar refractivity (Wildman–Crippen MR) is 80.7 cm³/mol. The van der Waals surface area contributed by atoms with Crippen LogP contribution in [0.25, 0.3) is 5.69 Å². The summed E-state index contributed by atoms with van der Waals surface area (Å²) in [5, 5.41) is 4.87. The maximum absolute atomic E-state index is 11.5. The molecular weight excluding hydrogens is 286 g/mol. The van der Waals surface area contributed by atoms with Crippen LogP contribution in [-0.4, -0.2) is 33.1 Å². The van der Waals surface area contributed by atoms with Crippen LogP contribution >= 0.6 is 11.8 Å². The minimum absolute atomic E-state index is 0.260. The first-order valence-corrected chi connectivity index (χ1v) is 7.84. The van der Waals surface area contributed by atoms with E-state index in [2.05, 4.69) is 10.1 Å². The van der Waals surface area contributed by atoms with Gasteiger partial charge >= 0.3 is 5.97 Å². The zero-order chi connectivity index (χ0) is 14.8. The second kappa shape index (κ2) is 5.89. The fourth-order valence-corrected chi connectivity index (χ4v) is 2.88. The van der Waals surface area contributed by atoms with Crippen LogP contribution in [0, 0.1) is 0 Å². The lowest BCUT2D eigenvalue weighted by Crippen LogP contribution is -2.14. The van der Waals surface area contributed by atoms with E-state index in [1.54, 1.807) is 6.92 Å². The van der Waals surface area contributed by atoms with Crippen LogP contribution in [-0.2, 0) is 9.53 Å². The molecule has 110 valence electrons. The molecule has 2 aromatic rings. The zero-order valence-electron chi connectivity index (χ0n) is 12.0. The van der Waals surface area contributed by atoms with Crippen molar-refractivity contribution in [3.8, 4) is 5.69 Å². The van der Waals surface area contributed by atoms with Crippen molar-refractivity contribution in [2.24, 2.45) is 0 Å². The molecule has 0 N–H and O–H groups in total. The topological polar surface area (TPSA) is 57.0 Å². The molecule has 3 rings (SSSR count). The minimum Gasteiger partial charge on any atom is -0.468 e. The first-order valence-electron chi connectivity index (χ1n) is 6.96. The van der Waals surface area contributed by atoms with Gasteiger partial charge in [0.2, 0.25) is 5.16 Å². The number of ether oxygens (including phenoxy) is 1. The molecule has 6 heteroatoms. The van der Waals surface area contributed by atoms with Gasteiger partial charge in [0.25, 0.3) is 0 Å². The van der Waals surface area contributed by atoms with E-state index in [0.29, 0.717) is 11.1 Å².